The number of hydrogen-bond acceptors (Lipinski definition) is 5. The minimum absolute atomic E-state index is 0.0879. The number of piperidine rings is 1. The van der Waals surface area contributed by atoms with Gasteiger partial charge in [-0.15, -0.1) is 0 Å². The van der Waals surface area contributed by atoms with Crippen molar-refractivity contribution in [2.45, 2.75) is 25.3 Å². The summed E-state index contributed by atoms with van der Waals surface area (Å²) >= 11 is 0. The minimum atomic E-state index is 0.0879. The maximum absolute atomic E-state index is 13.1. The summed E-state index contributed by atoms with van der Waals surface area (Å²) in [7, 11) is 0. The number of oxazole rings is 1. The summed E-state index contributed by atoms with van der Waals surface area (Å²) in [6, 6.07) is 16.3. The average Bonchev–Trinajstić information content (AvgIpc) is 3.21. The molecule has 30 heavy (non-hydrogen) atoms. The first kappa shape index (κ1) is 19.3. The second kappa shape index (κ2) is 8.58. The van der Waals surface area contributed by atoms with Crippen LogP contribution in [0.2, 0.25) is 0 Å². The third kappa shape index (κ3) is 4.11. The van der Waals surface area contributed by atoms with E-state index < -0.39 is 0 Å². The van der Waals surface area contributed by atoms with Crippen molar-refractivity contribution in [2.24, 2.45) is 0 Å². The van der Waals surface area contributed by atoms with Crippen LogP contribution < -0.4 is 0 Å². The first-order valence-corrected chi connectivity index (χ1v) is 10.8. The Morgan fingerprint density at radius 1 is 1.00 bits per heavy atom. The highest BCUT2D eigenvalue weighted by Crippen LogP contribution is 2.23. The van der Waals surface area contributed by atoms with Crippen LogP contribution in [-0.2, 0) is 11.2 Å². The molecule has 5 rings (SSSR count). The largest absolute Gasteiger partial charge is 0.440 e. The second-order valence-corrected chi connectivity index (χ2v) is 8.12. The van der Waals surface area contributed by atoms with Gasteiger partial charge in [-0.3, -0.25) is 9.69 Å². The van der Waals surface area contributed by atoms with Crippen LogP contribution in [0, 0.1) is 0 Å². The van der Waals surface area contributed by atoms with Crippen LogP contribution >= 0.6 is 0 Å². The summed E-state index contributed by atoms with van der Waals surface area (Å²) in [5, 5.41) is 0. The van der Waals surface area contributed by atoms with Crippen molar-refractivity contribution in [1.82, 2.24) is 14.8 Å². The van der Waals surface area contributed by atoms with Gasteiger partial charge in [-0.25, -0.2) is 4.98 Å². The van der Waals surface area contributed by atoms with E-state index in [0.29, 0.717) is 23.9 Å². The number of likely N-dealkylation sites (tertiary alicyclic amines) is 1. The minimum Gasteiger partial charge on any atom is -0.440 e. The molecule has 2 fully saturated rings. The van der Waals surface area contributed by atoms with Gasteiger partial charge in [0.05, 0.1) is 13.2 Å². The molecule has 1 amide bonds. The maximum Gasteiger partial charge on any atom is 0.253 e. The van der Waals surface area contributed by atoms with Crippen LogP contribution in [-0.4, -0.2) is 66.1 Å². The predicted octanol–water partition coefficient (Wildman–Crippen LogP) is 3.36. The molecule has 0 unspecified atom stereocenters. The second-order valence-electron chi connectivity index (χ2n) is 8.12. The molecular weight excluding hydrogens is 378 g/mol. The van der Waals surface area contributed by atoms with Crippen molar-refractivity contribution < 1.29 is 13.9 Å². The highest BCUT2D eigenvalue weighted by atomic mass is 16.5. The average molecular weight is 405 g/mol. The van der Waals surface area contributed by atoms with Crippen molar-refractivity contribution in [3.05, 3.63) is 65.5 Å². The molecule has 6 nitrogen and oxygen atoms in total. The Kier molecular flexibility index (Phi) is 5.51. The van der Waals surface area contributed by atoms with Gasteiger partial charge in [-0.05, 0) is 36.6 Å². The molecule has 156 valence electrons. The number of carbonyl (C=O) groups excluding carboxylic acids is 1. The van der Waals surface area contributed by atoms with Gasteiger partial charge in [-0.2, -0.15) is 0 Å². The Bertz CT molecular complexity index is 1000. The number of hydrogen-bond donors (Lipinski definition) is 0. The third-order valence-corrected chi connectivity index (χ3v) is 6.19. The predicted molar refractivity (Wildman–Crippen MR) is 115 cm³/mol. The Morgan fingerprint density at radius 2 is 1.77 bits per heavy atom. The van der Waals surface area contributed by atoms with E-state index >= 15 is 0 Å². The standard InChI is InChI=1S/C24H27N3O3/c28-24(27-10-8-20(9-11-27)26-12-14-29-15-13-26)19-6-7-22-21(17-19)25-23(30-22)16-18-4-2-1-3-5-18/h1-7,17,20H,8-16H2. The zero-order chi connectivity index (χ0) is 20.3. The number of carbonyl (C=O) groups is 1. The van der Waals surface area contributed by atoms with E-state index in [2.05, 4.69) is 22.0 Å². The monoisotopic (exact) mass is 405 g/mol. The number of amides is 1. The van der Waals surface area contributed by atoms with Gasteiger partial charge in [0.2, 0.25) is 0 Å². The van der Waals surface area contributed by atoms with Crippen LogP contribution in [0.5, 0.6) is 0 Å². The number of morpholine rings is 1. The molecule has 0 N–H and O–H groups in total. The van der Waals surface area contributed by atoms with Crippen molar-refractivity contribution in [3.63, 3.8) is 0 Å². The van der Waals surface area contributed by atoms with Gasteiger partial charge >= 0.3 is 0 Å². The fraction of sp³-hybridized carbons (Fsp3) is 0.417. The van der Waals surface area contributed by atoms with E-state index in [-0.39, 0.29) is 5.91 Å². The van der Waals surface area contributed by atoms with Crippen LogP contribution in [0.3, 0.4) is 0 Å². The van der Waals surface area contributed by atoms with Crippen molar-refractivity contribution >= 4 is 17.0 Å². The van der Waals surface area contributed by atoms with E-state index in [9.17, 15) is 4.79 Å². The molecule has 3 heterocycles. The fourth-order valence-corrected chi connectivity index (χ4v) is 4.51. The number of fused-ring (bicyclic) bond motifs is 1. The summed E-state index contributed by atoms with van der Waals surface area (Å²) in [5.41, 5.74) is 3.31. The first-order chi connectivity index (χ1) is 14.8. The molecule has 0 spiro atoms. The number of ether oxygens (including phenoxy) is 1. The third-order valence-electron chi connectivity index (χ3n) is 6.19. The highest BCUT2D eigenvalue weighted by molar-refractivity contribution is 5.97. The Labute approximate surface area is 176 Å². The molecule has 1 aromatic heterocycles. The Hall–Kier alpha value is -2.70. The lowest BCUT2D eigenvalue weighted by molar-refractivity contribution is 0.00159. The van der Waals surface area contributed by atoms with Crippen LogP contribution in [0.25, 0.3) is 11.1 Å². The molecule has 2 aliphatic rings. The molecule has 0 atom stereocenters. The molecule has 6 heteroatoms. The van der Waals surface area contributed by atoms with Gasteiger partial charge in [0.15, 0.2) is 11.5 Å². The molecular formula is C24H27N3O3. The normalized spacial score (nSPS) is 18.7. The van der Waals surface area contributed by atoms with Gasteiger partial charge in [0.25, 0.3) is 5.91 Å². The SMILES string of the molecule is O=C(c1ccc2oc(Cc3ccccc3)nc2c1)N1CCC(N2CCOCC2)CC1. The first-order valence-electron chi connectivity index (χ1n) is 10.8. The van der Waals surface area contributed by atoms with E-state index in [1.807, 2.05) is 41.3 Å². The molecule has 2 aromatic carbocycles. The molecule has 0 bridgehead atoms. The highest BCUT2D eigenvalue weighted by Gasteiger charge is 2.28. The van der Waals surface area contributed by atoms with Crippen molar-refractivity contribution in [2.75, 3.05) is 39.4 Å². The maximum atomic E-state index is 13.1. The number of nitrogens with zero attached hydrogens (tertiary/aromatic N) is 3. The summed E-state index contributed by atoms with van der Waals surface area (Å²) in [6.07, 6.45) is 2.70. The molecule has 3 aromatic rings. The van der Waals surface area contributed by atoms with Crippen LogP contribution in [0.4, 0.5) is 0 Å². The molecule has 2 saturated heterocycles. The van der Waals surface area contributed by atoms with Gasteiger partial charge in [0.1, 0.15) is 5.52 Å². The fourth-order valence-electron chi connectivity index (χ4n) is 4.51. The zero-order valence-electron chi connectivity index (χ0n) is 17.1. The molecule has 0 aliphatic carbocycles. The zero-order valence-corrected chi connectivity index (χ0v) is 17.1. The number of rotatable bonds is 4. The van der Waals surface area contributed by atoms with Crippen molar-refractivity contribution in [1.29, 1.82) is 0 Å². The summed E-state index contributed by atoms with van der Waals surface area (Å²) < 4.78 is 11.3. The quantitative estimate of drug-likeness (QED) is 0.666. The lowest BCUT2D eigenvalue weighted by Gasteiger charge is -2.40. The Balaban J connectivity index is 1.25. The lowest BCUT2D eigenvalue weighted by atomic mass is 10.0. The van der Waals surface area contributed by atoms with Crippen LogP contribution in [0.1, 0.15) is 34.7 Å². The van der Waals surface area contributed by atoms with Gasteiger partial charge in [-0.1, -0.05) is 30.3 Å². The van der Waals surface area contributed by atoms with E-state index in [1.54, 1.807) is 0 Å². The summed E-state index contributed by atoms with van der Waals surface area (Å²) in [6.45, 7) is 5.26. The lowest BCUT2D eigenvalue weighted by Crippen LogP contribution is -2.50. The molecule has 2 aliphatic heterocycles. The molecule has 0 radical (unpaired) electrons. The Morgan fingerprint density at radius 3 is 2.53 bits per heavy atom. The molecule has 0 saturated carbocycles. The number of aromatic nitrogens is 1. The summed E-state index contributed by atoms with van der Waals surface area (Å²) in [5.74, 6) is 0.761. The smallest absolute Gasteiger partial charge is 0.253 e. The summed E-state index contributed by atoms with van der Waals surface area (Å²) in [4.78, 5) is 22.2. The van der Waals surface area contributed by atoms with Gasteiger partial charge in [0, 0.05) is 44.2 Å². The van der Waals surface area contributed by atoms with E-state index in [0.717, 1.165) is 68.9 Å². The number of benzene rings is 2. The topological polar surface area (TPSA) is 58.8 Å². The van der Waals surface area contributed by atoms with E-state index in [4.69, 9.17) is 9.15 Å². The van der Waals surface area contributed by atoms with Crippen LogP contribution in [0.15, 0.2) is 52.9 Å². The van der Waals surface area contributed by atoms with E-state index in [1.165, 1.54) is 0 Å². The van der Waals surface area contributed by atoms with Gasteiger partial charge < -0.3 is 14.1 Å². The van der Waals surface area contributed by atoms with Crippen molar-refractivity contribution in [3.8, 4) is 0 Å².